The Kier molecular flexibility index (Phi) is 6.07. The van der Waals surface area contributed by atoms with Crippen LogP contribution in [0.1, 0.15) is 37.0 Å². The molecule has 33 heavy (non-hydrogen) atoms. The second kappa shape index (κ2) is 9.00. The molecule has 1 atom stereocenters. The normalized spacial score (nSPS) is 16.5. The van der Waals surface area contributed by atoms with Crippen LogP contribution in [-0.4, -0.2) is 37.2 Å². The number of hydrogen-bond acceptors (Lipinski definition) is 6. The highest BCUT2D eigenvalue weighted by Crippen LogP contribution is 2.36. The monoisotopic (exact) mass is 482 g/mol. The van der Waals surface area contributed by atoms with Crippen LogP contribution >= 0.6 is 23.4 Å². The van der Waals surface area contributed by atoms with Gasteiger partial charge in [-0.05, 0) is 57.6 Å². The molecular formula is C24H27ClN6OS. The predicted octanol–water partition coefficient (Wildman–Crippen LogP) is 6.27. The highest BCUT2D eigenvalue weighted by atomic mass is 35.5. The molecule has 172 valence electrons. The summed E-state index contributed by atoms with van der Waals surface area (Å²) < 4.78 is 9.99. The molecular weight excluding hydrogens is 456 g/mol. The van der Waals surface area contributed by atoms with E-state index in [0.717, 1.165) is 76.1 Å². The first kappa shape index (κ1) is 22.3. The van der Waals surface area contributed by atoms with Crippen LogP contribution in [0.15, 0.2) is 35.2 Å². The summed E-state index contributed by atoms with van der Waals surface area (Å²) in [6.07, 6.45) is 5.20. The van der Waals surface area contributed by atoms with Gasteiger partial charge in [0.2, 0.25) is 0 Å². The van der Waals surface area contributed by atoms with Crippen molar-refractivity contribution in [2.45, 2.75) is 44.2 Å². The molecule has 4 heterocycles. The smallest absolute Gasteiger partial charge is 0.166 e. The lowest BCUT2D eigenvalue weighted by atomic mass is 10.1. The van der Waals surface area contributed by atoms with Crippen molar-refractivity contribution in [1.29, 1.82) is 0 Å². The molecule has 3 aromatic heterocycles. The summed E-state index contributed by atoms with van der Waals surface area (Å²) in [7, 11) is 1.96. The van der Waals surface area contributed by atoms with E-state index in [1.54, 1.807) is 11.8 Å². The molecule has 1 aliphatic heterocycles. The van der Waals surface area contributed by atoms with Crippen LogP contribution in [0.3, 0.4) is 0 Å². The number of thioether (sulfide) groups is 1. The van der Waals surface area contributed by atoms with Crippen LogP contribution in [0.25, 0.3) is 22.4 Å². The Hall–Kier alpha value is -2.55. The molecule has 0 amide bonds. The molecule has 7 nitrogen and oxygen atoms in total. The lowest BCUT2D eigenvalue weighted by molar-refractivity contribution is -0.0309. The fourth-order valence-electron chi connectivity index (χ4n) is 4.31. The molecule has 9 heteroatoms. The maximum Gasteiger partial charge on any atom is 0.166 e. The van der Waals surface area contributed by atoms with Crippen molar-refractivity contribution in [2.24, 2.45) is 7.05 Å². The highest BCUT2D eigenvalue weighted by Gasteiger charge is 2.23. The molecule has 5 rings (SSSR count). The third-order valence-electron chi connectivity index (χ3n) is 6.12. The van der Waals surface area contributed by atoms with Crippen molar-refractivity contribution in [2.75, 3.05) is 18.2 Å². The van der Waals surface area contributed by atoms with Crippen LogP contribution < -0.4 is 5.32 Å². The number of aryl methyl sites for hydroxylation is 3. The van der Waals surface area contributed by atoms with Gasteiger partial charge in [-0.25, -0.2) is 9.97 Å². The van der Waals surface area contributed by atoms with Crippen molar-refractivity contribution in [1.82, 2.24) is 24.3 Å². The van der Waals surface area contributed by atoms with E-state index in [9.17, 15) is 0 Å². The average molecular weight is 483 g/mol. The Morgan fingerprint density at radius 3 is 2.67 bits per heavy atom. The van der Waals surface area contributed by atoms with Gasteiger partial charge in [-0.3, -0.25) is 9.25 Å². The number of halogens is 1. The number of fused-ring (bicyclic) bond motifs is 1. The van der Waals surface area contributed by atoms with E-state index < -0.39 is 0 Å². The first-order valence-electron chi connectivity index (χ1n) is 11.1. The van der Waals surface area contributed by atoms with Gasteiger partial charge in [0.1, 0.15) is 22.7 Å². The Balaban J connectivity index is 1.53. The molecule has 0 aliphatic carbocycles. The minimum Gasteiger partial charge on any atom is -0.358 e. The standard InChI is InChI=1S/C24H27ClN6OS/c1-14-11-18(29-30(14)3)16-8-9-17(20(12-16)33-4)27-19-13-21(25)28-24-23(19)26-15(2)31(24)22-7-5-6-10-32-22/h8-9,11-13,22H,5-7,10H2,1-4H3,(H,27,28). The quantitative estimate of drug-likeness (QED) is 0.267. The molecule has 0 bridgehead atoms. The maximum atomic E-state index is 6.46. The Labute approximate surface area is 202 Å². The number of pyridine rings is 1. The van der Waals surface area contributed by atoms with E-state index in [1.165, 1.54) is 0 Å². The summed E-state index contributed by atoms with van der Waals surface area (Å²) in [5.74, 6) is 0.876. The number of benzene rings is 1. The second-order valence-corrected chi connectivity index (χ2v) is 9.58. The van der Waals surface area contributed by atoms with Gasteiger partial charge in [-0.15, -0.1) is 11.8 Å². The Morgan fingerprint density at radius 1 is 1.12 bits per heavy atom. The zero-order valence-electron chi connectivity index (χ0n) is 19.2. The van der Waals surface area contributed by atoms with Gasteiger partial charge in [-0.1, -0.05) is 17.7 Å². The number of anilines is 2. The van der Waals surface area contributed by atoms with Crippen molar-refractivity contribution in [3.05, 3.63) is 47.0 Å². The lowest BCUT2D eigenvalue weighted by Gasteiger charge is -2.25. The van der Waals surface area contributed by atoms with Gasteiger partial charge in [0.15, 0.2) is 5.65 Å². The van der Waals surface area contributed by atoms with Crippen molar-refractivity contribution >= 4 is 45.9 Å². The molecule has 1 aliphatic rings. The molecule has 0 spiro atoms. The molecule has 1 saturated heterocycles. The number of rotatable bonds is 5. The van der Waals surface area contributed by atoms with E-state index in [-0.39, 0.29) is 6.23 Å². The SMILES string of the molecule is CSc1cc(-c2cc(C)n(C)n2)ccc1Nc1cc(Cl)nc2c1nc(C)n2C1CCCCO1. The van der Waals surface area contributed by atoms with E-state index in [2.05, 4.69) is 57.4 Å². The predicted molar refractivity (Wildman–Crippen MR) is 135 cm³/mol. The average Bonchev–Trinajstić information content (AvgIpc) is 3.32. The van der Waals surface area contributed by atoms with Crippen molar-refractivity contribution < 1.29 is 4.74 Å². The Bertz CT molecular complexity index is 1300. The van der Waals surface area contributed by atoms with Crippen molar-refractivity contribution in [3.8, 4) is 11.3 Å². The molecule has 4 aromatic rings. The minimum absolute atomic E-state index is 0.0505. The van der Waals surface area contributed by atoms with Crippen LogP contribution in [-0.2, 0) is 11.8 Å². The number of imidazole rings is 1. The molecule has 1 aromatic carbocycles. The van der Waals surface area contributed by atoms with E-state index >= 15 is 0 Å². The summed E-state index contributed by atoms with van der Waals surface area (Å²) in [4.78, 5) is 10.6. The summed E-state index contributed by atoms with van der Waals surface area (Å²) in [6, 6.07) is 10.3. The summed E-state index contributed by atoms with van der Waals surface area (Å²) in [5.41, 5.74) is 6.54. The van der Waals surface area contributed by atoms with Gasteiger partial charge in [0.05, 0.1) is 17.1 Å². The molecule has 0 radical (unpaired) electrons. The minimum atomic E-state index is -0.0505. The van der Waals surface area contributed by atoms with E-state index in [0.29, 0.717) is 5.15 Å². The molecule has 1 unspecified atom stereocenters. The third kappa shape index (κ3) is 4.23. The number of nitrogens with zero attached hydrogens (tertiary/aromatic N) is 5. The number of aromatic nitrogens is 5. The molecule has 1 N–H and O–H groups in total. The highest BCUT2D eigenvalue weighted by molar-refractivity contribution is 7.98. The van der Waals surface area contributed by atoms with Crippen molar-refractivity contribution in [3.63, 3.8) is 0 Å². The zero-order chi connectivity index (χ0) is 23.1. The van der Waals surface area contributed by atoms with E-state index in [1.807, 2.05) is 24.7 Å². The maximum absolute atomic E-state index is 6.46. The summed E-state index contributed by atoms with van der Waals surface area (Å²) in [6.45, 7) is 4.81. The molecule has 1 fully saturated rings. The first-order valence-corrected chi connectivity index (χ1v) is 12.7. The fraction of sp³-hybridized carbons (Fsp3) is 0.375. The Morgan fingerprint density at radius 2 is 1.97 bits per heavy atom. The molecule has 0 saturated carbocycles. The van der Waals surface area contributed by atoms with Gasteiger partial charge < -0.3 is 10.1 Å². The number of nitrogens with one attached hydrogen (secondary N) is 1. The number of ether oxygens (including phenoxy) is 1. The number of hydrogen-bond donors (Lipinski definition) is 1. The second-order valence-electron chi connectivity index (χ2n) is 8.35. The van der Waals surface area contributed by atoms with Gasteiger partial charge in [0.25, 0.3) is 0 Å². The third-order valence-corrected chi connectivity index (χ3v) is 7.09. The van der Waals surface area contributed by atoms with Crippen LogP contribution in [0.4, 0.5) is 11.4 Å². The van der Waals surface area contributed by atoms with Gasteiger partial charge in [-0.2, -0.15) is 5.10 Å². The zero-order valence-corrected chi connectivity index (χ0v) is 20.8. The van der Waals surface area contributed by atoms with Gasteiger partial charge in [0, 0.05) is 35.9 Å². The largest absolute Gasteiger partial charge is 0.358 e. The summed E-state index contributed by atoms with van der Waals surface area (Å²) in [5, 5.41) is 8.60. The summed E-state index contributed by atoms with van der Waals surface area (Å²) >= 11 is 8.14. The first-order chi connectivity index (χ1) is 15.9. The lowest BCUT2D eigenvalue weighted by Crippen LogP contribution is -2.19. The van der Waals surface area contributed by atoms with E-state index in [4.69, 9.17) is 21.3 Å². The fourth-order valence-corrected chi connectivity index (χ4v) is 5.08. The van der Waals surface area contributed by atoms with Crippen LogP contribution in [0, 0.1) is 13.8 Å². The van der Waals surface area contributed by atoms with Crippen LogP contribution in [0.5, 0.6) is 0 Å². The van der Waals surface area contributed by atoms with Crippen LogP contribution in [0.2, 0.25) is 5.15 Å². The topological polar surface area (TPSA) is 69.8 Å². The van der Waals surface area contributed by atoms with Gasteiger partial charge >= 0.3 is 0 Å².